The molecule has 18 heavy (non-hydrogen) atoms. The SMILES string of the molecule is CCCCC(C)CC(=O)OCC(C)(CO)COC. The van der Waals surface area contributed by atoms with Crippen LogP contribution in [-0.2, 0) is 14.3 Å². The van der Waals surface area contributed by atoms with Gasteiger partial charge in [0.25, 0.3) is 0 Å². The van der Waals surface area contributed by atoms with E-state index in [9.17, 15) is 9.90 Å². The fraction of sp³-hybridized carbons (Fsp3) is 0.929. The lowest BCUT2D eigenvalue weighted by Crippen LogP contribution is -2.33. The molecule has 0 aliphatic carbocycles. The third kappa shape index (κ3) is 7.67. The van der Waals surface area contributed by atoms with E-state index in [0.717, 1.165) is 19.3 Å². The zero-order chi connectivity index (χ0) is 14.0. The highest BCUT2D eigenvalue weighted by Crippen LogP contribution is 2.18. The first-order valence-electron chi connectivity index (χ1n) is 6.73. The van der Waals surface area contributed by atoms with Crippen LogP contribution in [0.5, 0.6) is 0 Å². The van der Waals surface area contributed by atoms with Gasteiger partial charge in [0.15, 0.2) is 0 Å². The van der Waals surface area contributed by atoms with Crippen LogP contribution in [0.3, 0.4) is 0 Å². The summed E-state index contributed by atoms with van der Waals surface area (Å²) < 4.78 is 10.2. The largest absolute Gasteiger partial charge is 0.465 e. The summed E-state index contributed by atoms with van der Waals surface area (Å²) in [5, 5.41) is 9.26. The summed E-state index contributed by atoms with van der Waals surface area (Å²) in [7, 11) is 1.57. The molecule has 0 saturated heterocycles. The van der Waals surface area contributed by atoms with Gasteiger partial charge in [-0.1, -0.05) is 40.0 Å². The molecular formula is C14H28O4. The van der Waals surface area contributed by atoms with E-state index in [2.05, 4.69) is 13.8 Å². The lowest BCUT2D eigenvalue weighted by Gasteiger charge is -2.25. The number of carbonyl (C=O) groups excluding carboxylic acids is 1. The zero-order valence-electron chi connectivity index (χ0n) is 12.2. The van der Waals surface area contributed by atoms with E-state index < -0.39 is 5.41 Å². The summed E-state index contributed by atoms with van der Waals surface area (Å²) >= 11 is 0. The summed E-state index contributed by atoms with van der Waals surface area (Å²) in [6, 6.07) is 0. The summed E-state index contributed by atoms with van der Waals surface area (Å²) in [5.74, 6) is 0.176. The first-order chi connectivity index (χ1) is 8.47. The Hall–Kier alpha value is -0.610. The van der Waals surface area contributed by atoms with Gasteiger partial charge in [0, 0.05) is 18.9 Å². The number of aliphatic hydroxyl groups excluding tert-OH is 1. The Labute approximate surface area is 111 Å². The van der Waals surface area contributed by atoms with E-state index in [0.29, 0.717) is 18.9 Å². The van der Waals surface area contributed by atoms with Crippen molar-refractivity contribution in [1.29, 1.82) is 0 Å². The highest BCUT2D eigenvalue weighted by Gasteiger charge is 2.25. The van der Waals surface area contributed by atoms with Crippen molar-refractivity contribution in [2.24, 2.45) is 11.3 Å². The van der Waals surface area contributed by atoms with Crippen LogP contribution in [0.2, 0.25) is 0 Å². The molecular weight excluding hydrogens is 232 g/mol. The Bertz CT molecular complexity index is 230. The van der Waals surface area contributed by atoms with Gasteiger partial charge in [-0.05, 0) is 5.92 Å². The van der Waals surface area contributed by atoms with Gasteiger partial charge >= 0.3 is 5.97 Å². The normalized spacial score (nSPS) is 16.1. The van der Waals surface area contributed by atoms with Crippen molar-refractivity contribution in [2.45, 2.75) is 46.5 Å². The quantitative estimate of drug-likeness (QED) is 0.613. The molecule has 0 amide bonds. The minimum absolute atomic E-state index is 0.0560. The van der Waals surface area contributed by atoms with Crippen LogP contribution < -0.4 is 0 Å². The Balaban J connectivity index is 3.94. The second-order valence-corrected chi connectivity index (χ2v) is 5.51. The Morgan fingerprint density at radius 1 is 1.39 bits per heavy atom. The molecule has 4 nitrogen and oxygen atoms in total. The van der Waals surface area contributed by atoms with E-state index >= 15 is 0 Å². The highest BCUT2D eigenvalue weighted by atomic mass is 16.5. The third-order valence-corrected chi connectivity index (χ3v) is 3.02. The van der Waals surface area contributed by atoms with Crippen molar-refractivity contribution in [1.82, 2.24) is 0 Å². The number of aliphatic hydroxyl groups is 1. The van der Waals surface area contributed by atoms with E-state index in [1.165, 1.54) is 0 Å². The standard InChI is InChI=1S/C14H28O4/c1-5-6-7-12(2)8-13(16)18-11-14(3,9-15)10-17-4/h12,15H,5-11H2,1-4H3. The number of esters is 1. The molecule has 0 aliphatic rings. The van der Waals surface area contributed by atoms with Gasteiger partial charge in [-0.25, -0.2) is 0 Å². The first-order valence-corrected chi connectivity index (χ1v) is 6.73. The molecule has 0 saturated carbocycles. The maximum absolute atomic E-state index is 11.6. The lowest BCUT2D eigenvalue weighted by molar-refractivity contribution is -0.150. The van der Waals surface area contributed by atoms with Crippen molar-refractivity contribution >= 4 is 5.97 Å². The van der Waals surface area contributed by atoms with Crippen LogP contribution >= 0.6 is 0 Å². The van der Waals surface area contributed by atoms with Crippen LogP contribution in [0.15, 0.2) is 0 Å². The van der Waals surface area contributed by atoms with Gasteiger partial charge < -0.3 is 14.6 Å². The minimum atomic E-state index is -0.503. The summed E-state index contributed by atoms with van der Waals surface area (Å²) in [4.78, 5) is 11.6. The second kappa shape index (κ2) is 9.34. The molecule has 4 heteroatoms. The average molecular weight is 260 g/mol. The van der Waals surface area contributed by atoms with Gasteiger partial charge in [-0.2, -0.15) is 0 Å². The molecule has 0 heterocycles. The Morgan fingerprint density at radius 2 is 2.06 bits per heavy atom. The van der Waals surface area contributed by atoms with E-state index in [-0.39, 0.29) is 19.2 Å². The number of hydrogen-bond acceptors (Lipinski definition) is 4. The topological polar surface area (TPSA) is 55.8 Å². The van der Waals surface area contributed by atoms with Gasteiger partial charge in [-0.15, -0.1) is 0 Å². The fourth-order valence-corrected chi connectivity index (χ4v) is 1.73. The molecule has 0 rings (SSSR count). The molecule has 2 unspecified atom stereocenters. The smallest absolute Gasteiger partial charge is 0.306 e. The summed E-state index contributed by atoms with van der Waals surface area (Å²) in [5.41, 5.74) is -0.503. The number of unbranched alkanes of at least 4 members (excludes halogenated alkanes) is 1. The molecule has 0 bridgehead atoms. The fourth-order valence-electron chi connectivity index (χ4n) is 1.73. The summed E-state index contributed by atoms with van der Waals surface area (Å²) in [6.45, 7) is 6.57. The Morgan fingerprint density at radius 3 is 2.56 bits per heavy atom. The van der Waals surface area contributed by atoms with Crippen LogP contribution in [0.1, 0.15) is 46.5 Å². The van der Waals surface area contributed by atoms with Crippen LogP contribution in [0, 0.1) is 11.3 Å². The molecule has 0 fully saturated rings. The third-order valence-electron chi connectivity index (χ3n) is 3.02. The molecule has 2 atom stereocenters. The number of carbonyl (C=O) groups is 1. The second-order valence-electron chi connectivity index (χ2n) is 5.51. The van der Waals surface area contributed by atoms with E-state index in [1.54, 1.807) is 7.11 Å². The molecule has 0 aliphatic heterocycles. The maximum Gasteiger partial charge on any atom is 0.306 e. The zero-order valence-corrected chi connectivity index (χ0v) is 12.2. The van der Waals surface area contributed by atoms with Crippen LogP contribution in [0.25, 0.3) is 0 Å². The van der Waals surface area contributed by atoms with Gasteiger partial charge in [0.05, 0.1) is 13.2 Å². The predicted molar refractivity (Wildman–Crippen MR) is 71.3 cm³/mol. The molecule has 0 radical (unpaired) electrons. The van der Waals surface area contributed by atoms with Crippen molar-refractivity contribution in [3.05, 3.63) is 0 Å². The van der Waals surface area contributed by atoms with E-state index in [4.69, 9.17) is 9.47 Å². The summed E-state index contributed by atoms with van der Waals surface area (Å²) in [6.07, 6.45) is 3.80. The minimum Gasteiger partial charge on any atom is -0.465 e. The van der Waals surface area contributed by atoms with Crippen molar-refractivity contribution in [3.8, 4) is 0 Å². The van der Waals surface area contributed by atoms with Crippen molar-refractivity contribution in [3.63, 3.8) is 0 Å². The molecule has 0 aromatic rings. The predicted octanol–water partition coefficient (Wildman–Crippen LogP) is 2.39. The molecule has 0 aromatic heterocycles. The number of hydrogen-bond donors (Lipinski definition) is 1. The number of ether oxygens (including phenoxy) is 2. The van der Waals surface area contributed by atoms with E-state index in [1.807, 2.05) is 6.92 Å². The van der Waals surface area contributed by atoms with Crippen LogP contribution in [0.4, 0.5) is 0 Å². The highest BCUT2D eigenvalue weighted by molar-refractivity contribution is 5.69. The molecule has 0 aromatic carbocycles. The maximum atomic E-state index is 11.6. The lowest BCUT2D eigenvalue weighted by atomic mass is 9.94. The molecule has 1 N–H and O–H groups in total. The molecule has 0 spiro atoms. The monoisotopic (exact) mass is 260 g/mol. The number of methoxy groups -OCH3 is 1. The first kappa shape index (κ1) is 17.4. The number of rotatable bonds is 10. The van der Waals surface area contributed by atoms with Gasteiger partial charge in [-0.3, -0.25) is 4.79 Å². The van der Waals surface area contributed by atoms with Crippen molar-refractivity contribution < 1.29 is 19.4 Å². The van der Waals surface area contributed by atoms with Crippen molar-refractivity contribution in [2.75, 3.05) is 26.9 Å². The Kier molecular flexibility index (Phi) is 9.02. The van der Waals surface area contributed by atoms with Crippen LogP contribution in [-0.4, -0.2) is 38.0 Å². The van der Waals surface area contributed by atoms with Gasteiger partial charge in [0.1, 0.15) is 6.61 Å². The average Bonchev–Trinajstić information content (AvgIpc) is 2.34. The molecule has 108 valence electrons. The van der Waals surface area contributed by atoms with Gasteiger partial charge in [0.2, 0.25) is 0 Å².